The molecular weight excluding hydrogens is 442 g/mol. The van der Waals surface area contributed by atoms with Gasteiger partial charge in [-0.1, -0.05) is 30.3 Å². The maximum atomic E-state index is 13.0. The van der Waals surface area contributed by atoms with E-state index in [1.165, 1.54) is 53.4 Å². The van der Waals surface area contributed by atoms with E-state index in [-0.39, 0.29) is 29.1 Å². The molecule has 3 aromatic carbocycles. The summed E-state index contributed by atoms with van der Waals surface area (Å²) in [5, 5.41) is 33.0. The number of amides is 1. The minimum absolute atomic E-state index is 0.0596. The van der Waals surface area contributed by atoms with E-state index in [9.17, 15) is 34.9 Å². The van der Waals surface area contributed by atoms with Crippen molar-refractivity contribution < 1.29 is 24.5 Å². The lowest BCUT2D eigenvalue weighted by Crippen LogP contribution is -2.29. The van der Waals surface area contributed by atoms with Crippen molar-refractivity contribution in [1.82, 2.24) is 4.90 Å². The molecule has 1 N–H and O–H groups in total. The second-order valence-corrected chi connectivity index (χ2v) is 7.57. The Balaban J connectivity index is 1.84. The number of non-ortho nitro benzene ring substituents is 2. The van der Waals surface area contributed by atoms with Gasteiger partial charge in [0, 0.05) is 36.4 Å². The van der Waals surface area contributed by atoms with Crippen molar-refractivity contribution in [2.45, 2.75) is 12.6 Å². The topological polar surface area (TPSA) is 144 Å². The Bertz CT molecular complexity index is 1320. The second kappa shape index (κ2) is 8.94. The van der Waals surface area contributed by atoms with Crippen LogP contribution >= 0.6 is 0 Å². The number of nitro groups is 2. The Labute approximate surface area is 192 Å². The van der Waals surface area contributed by atoms with Gasteiger partial charge in [0.05, 0.1) is 21.5 Å². The summed E-state index contributed by atoms with van der Waals surface area (Å²) in [5.41, 5.74) is 0.682. The Kier molecular flexibility index (Phi) is 5.88. The molecule has 1 aliphatic heterocycles. The number of hydrogen-bond acceptors (Lipinski definition) is 7. The normalized spacial score (nSPS) is 17.1. The lowest BCUT2D eigenvalue weighted by atomic mass is 9.95. The van der Waals surface area contributed by atoms with Gasteiger partial charge in [-0.05, 0) is 35.4 Å². The van der Waals surface area contributed by atoms with Crippen LogP contribution in [-0.2, 0) is 16.1 Å². The largest absolute Gasteiger partial charge is 0.507 e. The number of benzene rings is 3. The van der Waals surface area contributed by atoms with Gasteiger partial charge in [-0.3, -0.25) is 29.8 Å². The number of aliphatic hydroxyl groups excluding tert-OH is 1. The number of nitro benzene ring substituents is 2. The first kappa shape index (κ1) is 22.3. The standard InChI is InChI=1S/C24H17N3O7/c28-22(17-8-12-19(13-9-17)27(33)34)20-21(16-6-10-18(11-7-16)26(31)32)25(24(30)23(20)29)14-15-4-2-1-3-5-15/h1-13,21,28H,14H2/b22-20+/t21-/m0/s1. The zero-order valence-corrected chi connectivity index (χ0v) is 17.5. The molecule has 1 amide bonds. The van der Waals surface area contributed by atoms with Crippen LogP contribution in [0.25, 0.3) is 5.76 Å². The molecule has 0 aromatic heterocycles. The summed E-state index contributed by atoms with van der Waals surface area (Å²) >= 11 is 0. The van der Waals surface area contributed by atoms with Gasteiger partial charge in [-0.2, -0.15) is 0 Å². The van der Waals surface area contributed by atoms with E-state index in [1.807, 2.05) is 0 Å². The zero-order valence-electron chi connectivity index (χ0n) is 17.5. The summed E-state index contributed by atoms with van der Waals surface area (Å²) in [7, 11) is 0. The fourth-order valence-corrected chi connectivity index (χ4v) is 3.84. The minimum Gasteiger partial charge on any atom is -0.507 e. The van der Waals surface area contributed by atoms with Crippen LogP contribution in [0.1, 0.15) is 22.7 Å². The van der Waals surface area contributed by atoms with Gasteiger partial charge in [0.1, 0.15) is 5.76 Å². The number of rotatable bonds is 6. The summed E-state index contributed by atoms with van der Waals surface area (Å²) in [6, 6.07) is 18.2. The van der Waals surface area contributed by atoms with E-state index in [4.69, 9.17) is 0 Å². The van der Waals surface area contributed by atoms with Gasteiger partial charge in [-0.15, -0.1) is 0 Å². The predicted molar refractivity (Wildman–Crippen MR) is 120 cm³/mol. The number of carbonyl (C=O) groups excluding carboxylic acids is 2. The number of hydrogen-bond donors (Lipinski definition) is 1. The fraction of sp³-hybridized carbons (Fsp3) is 0.0833. The van der Waals surface area contributed by atoms with Gasteiger partial charge in [0.25, 0.3) is 23.1 Å². The van der Waals surface area contributed by atoms with Crippen molar-refractivity contribution >= 4 is 28.8 Å². The number of nitrogens with zero attached hydrogens (tertiary/aromatic N) is 3. The van der Waals surface area contributed by atoms with Crippen LogP contribution in [0.15, 0.2) is 84.4 Å². The van der Waals surface area contributed by atoms with Gasteiger partial charge in [-0.25, -0.2) is 0 Å². The van der Waals surface area contributed by atoms with Crippen LogP contribution in [0.4, 0.5) is 11.4 Å². The maximum absolute atomic E-state index is 13.0. The Hall–Kier alpha value is -4.86. The molecule has 10 nitrogen and oxygen atoms in total. The van der Waals surface area contributed by atoms with Crippen LogP contribution < -0.4 is 0 Å². The molecule has 1 saturated heterocycles. The molecule has 0 unspecified atom stereocenters. The molecule has 0 radical (unpaired) electrons. The molecule has 1 aliphatic rings. The molecule has 0 aliphatic carbocycles. The first-order valence-corrected chi connectivity index (χ1v) is 10.1. The maximum Gasteiger partial charge on any atom is 0.295 e. The molecule has 1 heterocycles. The van der Waals surface area contributed by atoms with Crippen molar-refractivity contribution in [1.29, 1.82) is 0 Å². The van der Waals surface area contributed by atoms with Crippen LogP contribution in [0, 0.1) is 20.2 Å². The van der Waals surface area contributed by atoms with E-state index >= 15 is 0 Å². The smallest absolute Gasteiger partial charge is 0.295 e. The Morgan fingerprint density at radius 3 is 1.88 bits per heavy atom. The van der Waals surface area contributed by atoms with Crippen molar-refractivity contribution in [3.05, 3.63) is 121 Å². The molecule has 0 spiro atoms. The summed E-state index contributed by atoms with van der Waals surface area (Å²) in [6.07, 6.45) is 0. The fourth-order valence-electron chi connectivity index (χ4n) is 3.84. The highest BCUT2D eigenvalue weighted by molar-refractivity contribution is 6.46. The van der Waals surface area contributed by atoms with E-state index in [2.05, 4.69) is 0 Å². The molecule has 1 fully saturated rings. The van der Waals surface area contributed by atoms with Crippen molar-refractivity contribution in [2.75, 3.05) is 0 Å². The van der Waals surface area contributed by atoms with Crippen LogP contribution in [-0.4, -0.2) is 31.5 Å². The Morgan fingerprint density at radius 2 is 1.35 bits per heavy atom. The summed E-state index contributed by atoms with van der Waals surface area (Å²) < 4.78 is 0. The van der Waals surface area contributed by atoms with Crippen LogP contribution in [0.2, 0.25) is 0 Å². The zero-order chi connectivity index (χ0) is 24.4. The summed E-state index contributed by atoms with van der Waals surface area (Å²) in [5.74, 6) is -2.25. The second-order valence-electron chi connectivity index (χ2n) is 7.57. The SMILES string of the molecule is O=C1C(=O)N(Cc2ccccc2)[C@@H](c2ccc([N+](=O)[O-])cc2)/C1=C(\O)c1ccc([N+](=O)[O-])cc1. The van der Waals surface area contributed by atoms with Gasteiger partial charge in [0.2, 0.25) is 0 Å². The van der Waals surface area contributed by atoms with E-state index in [0.717, 1.165) is 5.56 Å². The van der Waals surface area contributed by atoms with Crippen molar-refractivity contribution in [2.24, 2.45) is 0 Å². The monoisotopic (exact) mass is 459 g/mol. The first-order valence-electron chi connectivity index (χ1n) is 10.1. The number of Topliss-reactive ketones (excluding diaryl/α,β-unsaturated/α-hetero) is 1. The molecule has 0 bridgehead atoms. The van der Waals surface area contributed by atoms with Gasteiger partial charge >= 0.3 is 0 Å². The number of aliphatic hydroxyl groups is 1. The molecule has 1 atom stereocenters. The first-order chi connectivity index (χ1) is 16.3. The van der Waals surface area contributed by atoms with Gasteiger partial charge in [0.15, 0.2) is 0 Å². The quantitative estimate of drug-likeness (QED) is 0.192. The number of likely N-dealkylation sites (tertiary alicyclic amines) is 1. The summed E-state index contributed by atoms with van der Waals surface area (Å²) in [6.45, 7) is 0.0596. The molecule has 10 heteroatoms. The third-order valence-electron chi connectivity index (χ3n) is 5.51. The van der Waals surface area contributed by atoms with E-state index in [1.54, 1.807) is 30.3 Å². The van der Waals surface area contributed by atoms with Crippen LogP contribution in [0.3, 0.4) is 0 Å². The summed E-state index contributed by atoms with van der Waals surface area (Å²) in [4.78, 5) is 48.1. The molecular formula is C24H17N3O7. The molecule has 4 rings (SSSR count). The highest BCUT2D eigenvalue weighted by atomic mass is 16.6. The van der Waals surface area contributed by atoms with E-state index in [0.29, 0.717) is 5.56 Å². The highest BCUT2D eigenvalue weighted by Gasteiger charge is 2.46. The number of carbonyl (C=O) groups is 2. The van der Waals surface area contributed by atoms with Crippen molar-refractivity contribution in [3.8, 4) is 0 Å². The predicted octanol–water partition coefficient (Wildman–Crippen LogP) is 4.12. The molecule has 3 aromatic rings. The van der Waals surface area contributed by atoms with Crippen molar-refractivity contribution in [3.63, 3.8) is 0 Å². The third-order valence-corrected chi connectivity index (χ3v) is 5.51. The highest BCUT2D eigenvalue weighted by Crippen LogP contribution is 2.40. The minimum atomic E-state index is -1.02. The lowest BCUT2D eigenvalue weighted by molar-refractivity contribution is -0.385. The van der Waals surface area contributed by atoms with Gasteiger partial charge < -0.3 is 10.0 Å². The number of ketones is 1. The average molecular weight is 459 g/mol. The van der Waals surface area contributed by atoms with E-state index < -0.39 is 33.3 Å². The lowest BCUT2D eigenvalue weighted by Gasteiger charge is -2.25. The molecule has 34 heavy (non-hydrogen) atoms. The molecule has 0 saturated carbocycles. The third kappa shape index (κ3) is 4.11. The average Bonchev–Trinajstić information content (AvgIpc) is 3.09. The Morgan fingerprint density at radius 1 is 0.824 bits per heavy atom. The molecule has 170 valence electrons. The van der Waals surface area contributed by atoms with Crippen LogP contribution in [0.5, 0.6) is 0 Å².